The van der Waals surface area contributed by atoms with Crippen LogP contribution in [0.2, 0.25) is 0 Å². The Morgan fingerprint density at radius 2 is 1.94 bits per heavy atom. The summed E-state index contributed by atoms with van der Waals surface area (Å²) in [5.74, 6) is 0.802. The van der Waals surface area contributed by atoms with Crippen LogP contribution in [-0.2, 0) is 7.05 Å². The van der Waals surface area contributed by atoms with Gasteiger partial charge in [0, 0.05) is 19.2 Å². The molecule has 0 unspecified atom stereocenters. The van der Waals surface area contributed by atoms with E-state index in [0.29, 0.717) is 28.6 Å². The third-order valence-corrected chi connectivity index (χ3v) is 2.64. The van der Waals surface area contributed by atoms with Crippen LogP contribution >= 0.6 is 0 Å². The Hall–Kier alpha value is -2.24. The Bertz CT molecular complexity index is 561. The Kier molecular flexibility index (Phi) is 3.10. The molecular formula is C12H14FN3O2. The number of rotatable bonds is 3. The molecule has 0 fully saturated rings. The van der Waals surface area contributed by atoms with Crippen molar-refractivity contribution in [2.45, 2.75) is 0 Å². The van der Waals surface area contributed by atoms with Gasteiger partial charge in [-0.05, 0) is 6.07 Å². The molecule has 0 aliphatic rings. The highest BCUT2D eigenvalue weighted by molar-refractivity contribution is 5.72. The van der Waals surface area contributed by atoms with Gasteiger partial charge >= 0.3 is 0 Å². The van der Waals surface area contributed by atoms with Crippen LogP contribution in [0.5, 0.6) is 11.5 Å². The van der Waals surface area contributed by atoms with Gasteiger partial charge in [0.25, 0.3) is 0 Å². The normalized spacial score (nSPS) is 10.4. The number of methoxy groups -OCH3 is 2. The number of anilines is 1. The molecule has 2 N–H and O–H groups in total. The second kappa shape index (κ2) is 4.56. The number of nitrogens with zero attached hydrogens (tertiary/aromatic N) is 2. The maximum atomic E-state index is 13.5. The molecule has 0 atom stereocenters. The van der Waals surface area contributed by atoms with E-state index in [1.54, 1.807) is 13.1 Å². The fraction of sp³-hybridized carbons (Fsp3) is 0.250. The fourth-order valence-corrected chi connectivity index (χ4v) is 1.73. The highest BCUT2D eigenvalue weighted by atomic mass is 19.1. The van der Waals surface area contributed by atoms with Crippen molar-refractivity contribution >= 4 is 5.82 Å². The van der Waals surface area contributed by atoms with E-state index in [-0.39, 0.29) is 0 Å². The zero-order valence-corrected chi connectivity index (χ0v) is 10.4. The lowest BCUT2D eigenvalue weighted by atomic mass is 10.1. The van der Waals surface area contributed by atoms with Crippen LogP contribution < -0.4 is 15.2 Å². The van der Waals surface area contributed by atoms with Crippen molar-refractivity contribution in [3.8, 4) is 22.8 Å². The van der Waals surface area contributed by atoms with E-state index in [2.05, 4.69) is 5.10 Å². The number of hydrogen-bond donors (Lipinski definition) is 1. The minimum absolute atomic E-state index is 0.316. The highest BCUT2D eigenvalue weighted by Gasteiger charge is 2.17. The average molecular weight is 251 g/mol. The maximum absolute atomic E-state index is 13.5. The van der Waals surface area contributed by atoms with Gasteiger partial charge in [0.2, 0.25) is 0 Å². The molecule has 0 aliphatic heterocycles. The summed E-state index contributed by atoms with van der Waals surface area (Å²) in [5.41, 5.74) is 6.75. The molecule has 18 heavy (non-hydrogen) atoms. The summed E-state index contributed by atoms with van der Waals surface area (Å²) in [7, 11) is 4.65. The molecular weight excluding hydrogens is 237 g/mol. The van der Waals surface area contributed by atoms with Crippen molar-refractivity contribution in [3.05, 3.63) is 24.0 Å². The molecule has 1 aromatic carbocycles. The summed E-state index contributed by atoms with van der Waals surface area (Å²) < 4.78 is 25.4. The topological polar surface area (TPSA) is 62.3 Å². The number of ether oxygens (including phenoxy) is 2. The number of aryl methyl sites for hydroxylation is 1. The Labute approximate surface area is 104 Å². The molecule has 6 heteroatoms. The number of benzene rings is 1. The van der Waals surface area contributed by atoms with Gasteiger partial charge in [0.05, 0.1) is 25.5 Å². The van der Waals surface area contributed by atoms with Gasteiger partial charge in [0.15, 0.2) is 11.5 Å². The van der Waals surface area contributed by atoms with Crippen LogP contribution in [0.15, 0.2) is 18.2 Å². The van der Waals surface area contributed by atoms with Crippen molar-refractivity contribution in [1.29, 1.82) is 0 Å². The number of nitrogen functional groups attached to an aromatic ring is 1. The molecule has 96 valence electrons. The first kappa shape index (κ1) is 12.2. The standard InChI is InChI=1S/C12H14FN3O2/c1-16-11(14)6-9(15-16)8-4-7(13)5-10(17-2)12(8)18-3/h4-6H,14H2,1-3H3. The molecule has 2 aromatic rings. The van der Waals surface area contributed by atoms with Crippen LogP contribution in [0.25, 0.3) is 11.3 Å². The Morgan fingerprint density at radius 3 is 2.44 bits per heavy atom. The third-order valence-electron chi connectivity index (χ3n) is 2.64. The van der Waals surface area contributed by atoms with E-state index >= 15 is 0 Å². The van der Waals surface area contributed by atoms with Crippen LogP contribution in [0.3, 0.4) is 0 Å². The number of hydrogen-bond acceptors (Lipinski definition) is 4. The van der Waals surface area contributed by atoms with Crippen molar-refractivity contribution in [1.82, 2.24) is 9.78 Å². The van der Waals surface area contributed by atoms with Gasteiger partial charge in [0.1, 0.15) is 11.6 Å². The minimum Gasteiger partial charge on any atom is -0.493 e. The molecule has 0 aliphatic carbocycles. The van der Waals surface area contributed by atoms with Crippen molar-refractivity contribution < 1.29 is 13.9 Å². The molecule has 1 heterocycles. The Balaban J connectivity index is 2.65. The lowest BCUT2D eigenvalue weighted by molar-refractivity contribution is 0.353. The van der Waals surface area contributed by atoms with Gasteiger partial charge in [-0.15, -0.1) is 0 Å². The van der Waals surface area contributed by atoms with Crippen LogP contribution in [0, 0.1) is 5.82 Å². The Morgan fingerprint density at radius 1 is 1.22 bits per heavy atom. The van der Waals surface area contributed by atoms with E-state index in [9.17, 15) is 4.39 Å². The first-order valence-corrected chi connectivity index (χ1v) is 5.28. The minimum atomic E-state index is -0.424. The molecule has 0 bridgehead atoms. The zero-order chi connectivity index (χ0) is 13.3. The zero-order valence-electron chi connectivity index (χ0n) is 10.4. The van der Waals surface area contributed by atoms with Gasteiger partial charge in [-0.25, -0.2) is 4.39 Å². The molecule has 2 rings (SSSR count). The predicted molar refractivity (Wildman–Crippen MR) is 66.1 cm³/mol. The molecule has 0 amide bonds. The summed E-state index contributed by atoms with van der Waals surface area (Å²) in [4.78, 5) is 0. The van der Waals surface area contributed by atoms with Gasteiger partial charge in [-0.3, -0.25) is 4.68 Å². The first-order valence-electron chi connectivity index (χ1n) is 5.28. The van der Waals surface area contributed by atoms with E-state index in [4.69, 9.17) is 15.2 Å². The maximum Gasteiger partial charge on any atom is 0.170 e. The first-order chi connectivity index (χ1) is 8.56. The van der Waals surface area contributed by atoms with Crippen LogP contribution in [0.1, 0.15) is 0 Å². The van der Waals surface area contributed by atoms with Crippen LogP contribution in [0.4, 0.5) is 10.2 Å². The van der Waals surface area contributed by atoms with Crippen molar-refractivity contribution in [2.24, 2.45) is 7.05 Å². The second-order valence-corrected chi connectivity index (χ2v) is 3.77. The van der Waals surface area contributed by atoms with Crippen molar-refractivity contribution in [2.75, 3.05) is 20.0 Å². The largest absolute Gasteiger partial charge is 0.493 e. The summed E-state index contributed by atoms with van der Waals surface area (Å²) in [6.07, 6.45) is 0. The number of nitrogens with two attached hydrogens (primary N) is 1. The van der Waals surface area contributed by atoms with E-state index < -0.39 is 5.82 Å². The quantitative estimate of drug-likeness (QED) is 0.903. The summed E-state index contributed by atoms with van der Waals surface area (Å²) in [6.45, 7) is 0. The number of aromatic nitrogens is 2. The van der Waals surface area contributed by atoms with E-state index in [1.807, 2.05) is 0 Å². The molecule has 0 saturated carbocycles. The molecule has 0 spiro atoms. The predicted octanol–water partition coefficient (Wildman–Crippen LogP) is 1.83. The molecule has 1 aromatic heterocycles. The summed E-state index contributed by atoms with van der Waals surface area (Å²) in [5, 5.41) is 4.20. The SMILES string of the molecule is COc1cc(F)cc(-c2cc(N)n(C)n2)c1OC. The number of halogens is 1. The molecule has 0 saturated heterocycles. The average Bonchev–Trinajstić information content (AvgIpc) is 2.68. The van der Waals surface area contributed by atoms with Gasteiger partial charge in [-0.2, -0.15) is 5.10 Å². The monoisotopic (exact) mass is 251 g/mol. The van der Waals surface area contributed by atoms with E-state index in [1.165, 1.54) is 31.0 Å². The van der Waals surface area contributed by atoms with Crippen molar-refractivity contribution in [3.63, 3.8) is 0 Å². The lowest BCUT2D eigenvalue weighted by Gasteiger charge is -2.11. The molecule has 5 nitrogen and oxygen atoms in total. The lowest BCUT2D eigenvalue weighted by Crippen LogP contribution is -1.97. The molecule has 0 radical (unpaired) electrons. The van der Waals surface area contributed by atoms with Gasteiger partial charge < -0.3 is 15.2 Å². The summed E-state index contributed by atoms with van der Waals surface area (Å²) >= 11 is 0. The second-order valence-electron chi connectivity index (χ2n) is 3.77. The smallest absolute Gasteiger partial charge is 0.170 e. The summed E-state index contributed by atoms with van der Waals surface area (Å²) in [6, 6.07) is 4.24. The third kappa shape index (κ3) is 1.97. The highest BCUT2D eigenvalue weighted by Crippen LogP contribution is 2.38. The van der Waals surface area contributed by atoms with E-state index in [0.717, 1.165) is 0 Å². The fourth-order valence-electron chi connectivity index (χ4n) is 1.73. The van der Waals surface area contributed by atoms with Crippen LogP contribution in [-0.4, -0.2) is 24.0 Å². The van der Waals surface area contributed by atoms with Gasteiger partial charge in [-0.1, -0.05) is 0 Å².